The van der Waals surface area contributed by atoms with Crippen LogP contribution in [0.2, 0.25) is 0 Å². The van der Waals surface area contributed by atoms with Crippen molar-refractivity contribution in [2.45, 2.75) is 13.8 Å². The van der Waals surface area contributed by atoms with Gasteiger partial charge in [0, 0.05) is 0 Å². The van der Waals surface area contributed by atoms with E-state index in [4.69, 9.17) is 9.84 Å². The van der Waals surface area contributed by atoms with Gasteiger partial charge < -0.3 is 9.84 Å². The van der Waals surface area contributed by atoms with Gasteiger partial charge in [-0.15, -0.1) is 0 Å². The maximum absolute atomic E-state index is 10.9. The summed E-state index contributed by atoms with van der Waals surface area (Å²) in [6, 6.07) is 3.52. The first-order chi connectivity index (χ1) is 6.07. The van der Waals surface area contributed by atoms with Gasteiger partial charge in [-0.25, -0.2) is 4.79 Å². The van der Waals surface area contributed by atoms with Gasteiger partial charge in [-0.05, 0) is 31.0 Å². The Hall–Kier alpha value is -1.51. The topological polar surface area (TPSA) is 46.5 Å². The minimum Gasteiger partial charge on any atom is -0.496 e. The zero-order valence-corrected chi connectivity index (χ0v) is 7.92. The first kappa shape index (κ1) is 9.58. The highest BCUT2D eigenvalue weighted by atomic mass is 16.5. The molecule has 0 saturated carbocycles. The number of benzene rings is 1. The van der Waals surface area contributed by atoms with Gasteiger partial charge >= 0.3 is 5.97 Å². The third-order valence-corrected chi connectivity index (χ3v) is 2.13. The summed E-state index contributed by atoms with van der Waals surface area (Å²) >= 11 is 0. The number of carbonyl (C=O) groups is 1. The molecule has 0 amide bonds. The predicted octanol–water partition coefficient (Wildman–Crippen LogP) is 2.01. The normalized spacial score (nSPS) is 9.77. The van der Waals surface area contributed by atoms with Gasteiger partial charge in [0.05, 0.1) is 7.11 Å². The second kappa shape index (κ2) is 3.47. The Balaban J connectivity index is 3.41. The fourth-order valence-electron chi connectivity index (χ4n) is 1.23. The molecule has 1 aromatic rings. The Morgan fingerprint density at radius 3 is 2.46 bits per heavy atom. The molecule has 1 aromatic carbocycles. The van der Waals surface area contributed by atoms with E-state index in [1.807, 2.05) is 13.0 Å². The SMILES string of the molecule is COc1ccc(C)c(C)c1C(=O)O. The Morgan fingerprint density at radius 2 is 2.00 bits per heavy atom. The molecule has 0 radical (unpaired) electrons. The second-order valence-corrected chi connectivity index (χ2v) is 2.89. The molecule has 0 aromatic heterocycles. The van der Waals surface area contributed by atoms with E-state index in [1.165, 1.54) is 7.11 Å². The van der Waals surface area contributed by atoms with Crippen LogP contribution < -0.4 is 4.74 Å². The number of carboxylic acids is 1. The van der Waals surface area contributed by atoms with Crippen molar-refractivity contribution in [2.24, 2.45) is 0 Å². The number of rotatable bonds is 2. The largest absolute Gasteiger partial charge is 0.496 e. The number of aryl methyl sites for hydroxylation is 1. The highest BCUT2D eigenvalue weighted by Gasteiger charge is 2.14. The number of hydrogen-bond donors (Lipinski definition) is 1. The molecule has 0 aliphatic rings. The predicted molar refractivity (Wildman–Crippen MR) is 49.4 cm³/mol. The molecule has 0 aliphatic heterocycles. The molecular formula is C10H12O3. The number of carboxylic acid groups (broad SMARTS) is 1. The molecule has 0 heterocycles. The molecule has 0 spiro atoms. The van der Waals surface area contributed by atoms with Crippen LogP contribution in [0.4, 0.5) is 0 Å². The Labute approximate surface area is 77.0 Å². The van der Waals surface area contributed by atoms with Crippen molar-refractivity contribution >= 4 is 5.97 Å². The van der Waals surface area contributed by atoms with E-state index < -0.39 is 5.97 Å². The summed E-state index contributed by atoms with van der Waals surface area (Å²) in [5.74, 6) is -0.534. The molecular weight excluding hydrogens is 168 g/mol. The third-order valence-electron chi connectivity index (χ3n) is 2.13. The van der Waals surface area contributed by atoms with Crippen LogP contribution >= 0.6 is 0 Å². The standard InChI is InChI=1S/C10H12O3/c1-6-4-5-8(13-3)9(7(6)2)10(11)12/h4-5H,1-3H3,(H,11,12). The number of methoxy groups -OCH3 is 1. The van der Waals surface area contributed by atoms with Crippen molar-refractivity contribution in [1.82, 2.24) is 0 Å². The number of ether oxygens (including phenoxy) is 1. The lowest BCUT2D eigenvalue weighted by Gasteiger charge is -2.09. The fourth-order valence-corrected chi connectivity index (χ4v) is 1.23. The number of hydrogen-bond acceptors (Lipinski definition) is 2. The maximum atomic E-state index is 10.9. The molecule has 1 rings (SSSR count). The molecule has 3 nitrogen and oxygen atoms in total. The van der Waals surface area contributed by atoms with Gasteiger partial charge in [-0.1, -0.05) is 6.07 Å². The monoisotopic (exact) mass is 180 g/mol. The summed E-state index contributed by atoms with van der Waals surface area (Å²) in [6.45, 7) is 3.66. The summed E-state index contributed by atoms with van der Waals surface area (Å²) in [5, 5.41) is 8.92. The fraction of sp³-hybridized carbons (Fsp3) is 0.300. The molecule has 0 unspecified atom stereocenters. The van der Waals surface area contributed by atoms with Crippen LogP contribution in [0.1, 0.15) is 21.5 Å². The van der Waals surface area contributed by atoms with Crippen LogP contribution in [0.25, 0.3) is 0 Å². The van der Waals surface area contributed by atoms with Gasteiger partial charge in [0.15, 0.2) is 0 Å². The lowest BCUT2D eigenvalue weighted by atomic mass is 10.0. The summed E-state index contributed by atoms with van der Waals surface area (Å²) in [6.07, 6.45) is 0. The third kappa shape index (κ3) is 1.64. The van der Waals surface area contributed by atoms with Gasteiger partial charge in [-0.3, -0.25) is 0 Å². The summed E-state index contributed by atoms with van der Waals surface area (Å²) in [7, 11) is 1.47. The van der Waals surface area contributed by atoms with Crippen LogP contribution in [0.15, 0.2) is 12.1 Å². The van der Waals surface area contributed by atoms with Gasteiger partial charge in [0.25, 0.3) is 0 Å². The van der Waals surface area contributed by atoms with Crippen molar-refractivity contribution in [3.63, 3.8) is 0 Å². The zero-order chi connectivity index (χ0) is 10.0. The van der Waals surface area contributed by atoms with Crippen molar-refractivity contribution in [3.8, 4) is 5.75 Å². The summed E-state index contributed by atoms with van der Waals surface area (Å²) in [5.41, 5.74) is 1.97. The molecule has 0 aliphatic carbocycles. The zero-order valence-electron chi connectivity index (χ0n) is 7.92. The molecule has 0 atom stereocenters. The van der Waals surface area contributed by atoms with Crippen LogP contribution in [0, 0.1) is 13.8 Å². The van der Waals surface area contributed by atoms with E-state index in [9.17, 15) is 4.79 Å². The lowest BCUT2D eigenvalue weighted by Crippen LogP contribution is -2.04. The van der Waals surface area contributed by atoms with Crippen molar-refractivity contribution < 1.29 is 14.6 Å². The van der Waals surface area contributed by atoms with Crippen LogP contribution in [0.3, 0.4) is 0 Å². The summed E-state index contributed by atoms with van der Waals surface area (Å²) in [4.78, 5) is 10.9. The second-order valence-electron chi connectivity index (χ2n) is 2.89. The summed E-state index contributed by atoms with van der Waals surface area (Å²) < 4.78 is 4.96. The first-order valence-corrected chi connectivity index (χ1v) is 3.95. The van der Waals surface area contributed by atoms with Crippen molar-refractivity contribution in [3.05, 3.63) is 28.8 Å². The average Bonchev–Trinajstić information content (AvgIpc) is 2.08. The Bertz CT molecular complexity index is 342. The van der Waals surface area contributed by atoms with Crippen LogP contribution in [-0.4, -0.2) is 18.2 Å². The van der Waals surface area contributed by atoms with E-state index in [1.54, 1.807) is 13.0 Å². The molecule has 0 saturated heterocycles. The minimum atomic E-state index is -0.946. The van der Waals surface area contributed by atoms with Crippen molar-refractivity contribution in [2.75, 3.05) is 7.11 Å². The van der Waals surface area contributed by atoms with E-state index in [0.717, 1.165) is 11.1 Å². The molecule has 0 fully saturated rings. The minimum absolute atomic E-state index is 0.252. The van der Waals surface area contributed by atoms with Crippen molar-refractivity contribution in [1.29, 1.82) is 0 Å². The molecule has 3 heteroatoms. The lowest BCUT2D eigenvalue weighted by molar-refractivity contribution is 0.0692. The highest BCUT2D eigenvalue weighted by Crippen LogP contribution is 2.24. The smallest absolute Gasteiger partial charge is 0.339 e. The van der Waals surface area contributed by atoms with Gasteiger partial charge in [0.1, 0.15) is 11.3 Å². The van der Waals surface area contributed by atoms with Crippen LogP contribution in [0.5, 0.6) is 5.75 Å². The van der Waals surface area contributed by atoms with Gasteiger partial charge in [0.2, 0.25) is 0 Å². The Morgan fingerprint density at radius 1 is 1.38 bits per heavy atom. The van der Waals surface area contributed by atoms with E-state index >= 15 is 0 Å². The number of aromatic carboxylic acids is 1. The molecule has 70 valence electrons. The molecule has 13 heavy (non-hydrogen) atoms. The quantitative estimate of drug-likeness (QED) is 0.757. The molecule has 0 bridgehead atoms. The molecule has 1 N–H and O–H groups in total. The van der Waals surface area contributed by atoms with E-state index in [0.29, 0.717) is 5.75 Å². The maximum Gasteiger partial charge on any atom is 0.339 e. The van der Waals surface area contributed by atoms with E-state index in [2.05, 4.69) is 0 Å². The highest BCUT2D eigenvalue weighted by molar-refractivity contribution is 5.93. The van der Waals surface area contributed by atoms with Gasteiger partial charge in [-0.2, -0.15) is 0 Å². The van der Waals surface area contributed by atoms with E-state index in [-0.39, 0.29) is 5.56 Å². The average molecular weight is 180 g/mol. The first-order valence-electron chi connectivity index (χ1n) is 3.95. The van der Waals surface area contributed by atoms with Crippen LogP contribution in [-0.2, 0) is 0 Å². The Kier molecular flexibility index (Phi) is 2.56.